The summed E-state index contributed by atoms with van der Waals surface area (Å²) in [4.78, 5) is 8.58. The number of nitrogens with one attached hydrogen (secondary N) is 1. The van der Waals surface area contributed by atoms with Crippen LogP contribution in [-0.4, -0.2) is 25.1 Å². The lowest BCUT2D eigenvalue weighted by Gasteiger charge is -2.25. The topological polar surface area (TPSA) is 28.2 Å². The van der Waals surface area contributed by atoms with E-state index in [-0.39, 0.29) is 0 Å². The number of aromatic nitrogens is 1. The molecule has 1 unspecified atom stereocenters. The van der Waals surface area contributed by atoms with Crippen molar-refractivity contribution in [1.29, 1.82) is 0 Å². The van der Waals surface area contributed by atoms with Gasteiger partial charge in [-0.2, -0.15) is 0 Å². The van der Waals surface area contributed by atoms with E-state index in [0.717, 1.165) is 25.3 Å². The van der Waals surface area contributed by atoms with E-state index >= 15 is 0 Å². The molecule has 1 atom stereocenters. The summed E-state index contributed by atoms with van der Waals surface area (Å²) < 4.78 is 0. The Hall–Kier alpha value is -0.610. The van der Waals surface area contributed by atoms with E-state index in [0.29, 0.717) is 6.04 Å². The number of hydrogen-bond acceptors (Lipinski definition) is 4. The Bertz CT molecular complexity index is 350. The van der Waals surface area contributed by atoms with Crippen LogP contribution in [0.25, 0.3) is 0 Å². The molecule has 0 aromatic carbocycles. The first-order valence-electron chi connectivity index (χ1n) is 7.35. The van der Waals surface area contributed by atoms with Crippen LogP contribution in [0, 0.1) is 5.92 Å². The zero-order valence-corrected chi connectivity index (χ0v) is 14.1. The van der Waals surface area contributed by atoms with Crippen LogP contribution in [0.3, 0.4) is 0 Å². The van der Waals surface area contributed by atoms with Gasteiger partial charge in [-0.1, -0.05) is 27.2 Å². The third kappa shape index (κ3) is 4.77. The number of rotatable bonds is 8. The fourth-order valence-corrected chi connectivity index (χ4v) is 3.46. The Balaban J connectivity index is 2.84. The van der Waals surface area contributed by atoms with E-state index in [1.165, 1.54) is 22.1 Å². The number of nitrogens with zero attached hydrogens (tertiary/aromatic N) is 2. The molecule has 0 spiro atoms. The van der Waals surface area contributed by atoms with Gasteiger partial charge in [0.1, 0.15) is 0 Å². The van der Waals surface area contributed by atoms with Crippen molar-refractivity contribution in [2.24, 2.45) is 5.92 Å². The predicted molar refractivity (Wildman–Crippen MR) is 86.2 cm³/mol. The van der Waals surface area contributed by atoms with Crippen molar-refractivity contribution in [2.75, 3.05) is 19.0 Å². The van der Waals surface area contributed by atoms with E-state index in [4.69, 9.17) is 4.98 Å². The zero-order chi connectivity index (χ0) is 14.4. The van der Waals surface area contributed by atoms with Gasteiger partial charge >= 0.3 is 0 Å². The molecule has 0 aliphatic heterocycles. The molecule has 0 amide bonds. The van der Waals surface area contributed by atoms with Gasteiger partial charge in [0, 0.05) is 24.5 Å². The number of thiazole rings is 1. The van der Waals surface area contributed by atoms with E-state index in [2.05, 4.69) is 45.0 Å². The quantitative estimate of drug-likeness (QED) is 0.789. The van der Waals surface area contributed by atoms with Crippen LogP contribution in [0.15, 0.2) is 0 Å². The Morgan fingerprint density at radius 2 is 2.00 bits per heavy atom. The molecule has 3 nitrogen and oxygen atoms in total. The van der Waals surface area contributed by atoms with Crippen molar-refractivity contribution >= 4 is 16.5 Å². The monoisotopic (exact) mass is 283 g/mol. The SMILES string of the molecule is CCCc1nc(N(C)C(C)CC(C)C)sc1CNC. The lowest BCUT2D eigenvalue weighted by atomic mass is 10.0. The Morgan fingerprint density at radius 1 is 1.32 bits per heavy atom. The van der Waals surface area contributed by atoms with Gasteiger partial charge in [-0.05, 0) is 32.7 Å². The van der Waals surface area contributed by atoms with Gasteiger partial charge in [-0.25, -0.2) is 4.98 Å². The smallest absolute Gasteiger partial charge is 0.185 e. The van der Waals surface area contributed by atoms with Crippen LogP contribution in [0.2, 0.25) is 0 Å². The first-order chi connectivity index (χ1) is 8.99. The molecule has 4 heteroatoms. The number of anilines is 1. The fourth-order valence-electron chi connectivity index (χ4n) is 2.28. The molecule has 19 heavy (non-hydrogen) atoms. The fraction of sp³-hybridized carbons (Fsp3) is 0.800. The summed E-state index contributed by atoms with van der Waals surface area (Å²) in [6.07, 6.45) is 3.45. The molecule has 1 heterocycles. The highest BCUT2D eigenvalue weighted by Crippen LogP contribution is 2.28. The average Bonchev–Trinajstić information content (AvgIpc) is 2.72. The molecular formula is C15H29N3S. The second-order valence-corrected chi connectivity index (χ2v) is 6.80. The van der Waals surface area contributed by atoms with Crippen LogP contribution in [-0.2, 0) is 13.0 Å². The van der Waals surface area contributed by atoms with E-state index in [1.54, 1.807) is 0 Å². The standard InChI is InChI=1S/C15H29N3S/c1-7-8-13-14(10-16-5)19-15(17-13)18(6)12(4)9-11(2)3/h11-12,16H,7-10H2,1-6H3. The summed E-state index contributed by atoms with van der Waals surface area (Å²) in [6.45, 7) is 9.99. The molecule has 0 bridgehead atoms. The van der Waals surface area contributed by atoms with Crippen molar-refractivity contribution in [1.82, 2.24) is 10.3 Å². The van der Waals surface area contributed by atoms with E-state index < -0.39 is 0 Å². The van der Waals surface area contributed by atoms with Crippen LogP contribution >= 0.6 is 11.3 Å². The molecule has 0 fully saturated rings. The van der Waals surface area contributed by atoms with Gasteiger partial charge in [0.25, 0.3) is 0 Å². The largest absolute Gasteiger partial charge is 0.348 e. The first kappa shape index (κ1) is 16.4. The number of aryl methyl sites for hydroxylation is 1. The van der Waals surface area contributed by atoms with Gasteiger partial charge < -0.3 is 10.2 Å². The predicted octanol–water partition coefficient (Wildman–Crippen LogP) is 3.69. The van der Waals surface area contributed by atoms with Crippen molar-refractivity contribution in [2.45, 2.75) is 59.5 Å². The molecule has 1 aromatic rings. The minimum Gasteiger partial charge on any atom is -0.348 e. The summed E-state index contributed by atoms with van der Waals surface area (Å²) in [5, 5.41) is 4.42. The molecule has 110 valence electrons. The summed E-state index contributed by atoms with van der Waals surface area (Å²) in [5.74, 6) is 0.726. The number of hydrogen-bond donors (Lipinski definition) is 1. The van der Waals surface area contributed by atoms with Gasteiger partial charge in [-0.3, -0.25) is 0 Å². The summed E-state index contributed by atoms with van der Waals surface area (Å²) in [5.41, 5.74) is 1.28. The van der Waals surface area contributed by atoms with Crippen LogP contribution in [0.5, 0.6) is 0 Å². The lowest BCUT2D eigenvalue weighted by molar-refractivity contribution is 0.503. The Kier molecular flexibility index (Phi) is 6.80. The summed E-state index contributed by atoms with van der Waals surface area (Å²) in [7, 11) is 4.17. The zero-order valence-electron chi connectivity index (χ0n) is 13.3. The van der Waals surface area contributed by atoms with Crippen LogP contribution in [0.4, 0.5) is 5.13 Å². The Morgan fingerprint density at radius 3 is 2.53 bits per heavy atom. The normalized spacial score (nSPS) is 13.0. The maximum Gasteiger partial charge on any atom is 0.185 e. The van der Waals surface area contributed by atoms with Gasteiger partial charge in [0.2, 0.25) is 0 Å². The first-order valence-corrected chi connectivity index (χ1v) is 8.17. The van der Waals surface area contributed by atoms with Crippen molar-refractivity contribution < 1.29 is 0 Å². The maximum absolute atomic E-state index is 4.85. The third-order valence-corrected chi connectivity index (χ3v) is 4.55. The highest BCUT2D eigenvalue weighted by molar-refractivity contribution is 7.15. The van der Waals surface area contributed by atoms with Gasteiger partial charge in [0.15, 0.2) is 5.13 Å². The molecule has 1 rings (SSSR count). The molecule has 0 saturated heterocycles. The van der Waals surface area contributed by atoms with Crippen molar-refractivity contribution in [3.8, 4) is 0 Å². The molecule has 1 N–H and O–H groups in total. The van der Waals surface area contributed by atoms with Crippen molar-refractivity contribution in [3.05, 3.63) is 10.6 Å². The van der Waals surface area contributed by atoms with Crippen LogP contribution in [0.1, 0.15) is 51.1 Å². The highest BCUT2D eigenvalue weighted by Gasteiger charge is 2.17. The molecular weight excluding hydrogens is 254 g/mol. The molecule has 0 aliphatic rings. The highest BCUT2D eigenvalue weighted by atomic mass is 32.1. The van der Waals surface area contributed by atoms with Crippen molar-refractivity contribution in [3.63, 3.8) is 0 Å². The van der Waals surface area contributed by atoms with Crippen LogP contribution < -0.4 is 10.2 Å². The second-order valence-electron chi connectivity index (χ2n) is 5.74. The summed E-state index contributed by atoms with van der Waals surface area (Å²) >= 11 is 1.84. The second kappa shape index (κ2) is 7.85. The summed E-state index contributed by atoms with van der Waals surface area (Å²) in [6, 6.07) is 0.545. The maximum atomic E-state index is 4.85. The minimum atomic E-state index is 0.545. The van der Waals surface area contributed by atoms with E-state index in [1.807, 2.05) is 18.4 Å². The minimum absolute atomic E-state index is 0.545. The molecule has 1 aromatic heterocycles. The molecule has 0 aliphatic carbocycles. The van der Waals surface area contributed by atoms with E-state index in [9.17, 15) is 0 Å². The Labute approximate surface area is 122 Å². The average molecular weight is 283 g/mol. The molecule has 0 radical (unpaired) electrons. The third-order valence-electron chi connectivity index (χ3n) is 3.37. The lowest BCUT2D eigenvalue weighted by Crippen LogP contribution is -2.29. The molecule has 0 saturated carbocycles. The van der Waals surface area contributed by atoms with Gasteiger partial charge in [-0.15, -0.1) is 11.3 Å². The van der Waals surface area contributed by atoms with Gasteiger partial charge in [0.05, 0.1) is 5.69 Å².